The van der Waals surface area contributed by atoms with E-state index in [1.807, 2.05) is 0 Å². The maximum atomic E-state index is 13.2. The van der Waals surface area contributed by atoms with E-state index in [9.17, 15) is 17.6 Å². The average Bonchev–Trinajstić information content (AvgIpc) is 3.08. The third-order valence-corrected chi connectivity index (χ3v) is 4.28. The summed E-state index contributed by atoms with van der Waals surface area (Å²) in [6.07, 6.45) is -4.55. The molecule has 112 valence electrons. The second-order valence-electron chi connectivity index (χ2n) is 5.78. The Bertz CT molecular complexity index is 506. The summed E-state index contributed by atoms with van der Waals surface area (Å²) >= 11 is 3.25. The molecule has 0 spiro atoms. The standard InChI is InChI=1S/C14H15BrF4O/c1-12(2,7-13(8-20-13)14(17,18)19)11-4-3-10(16)5-9(11)6-15/h3-5H,6-8H2,1-2H3/t13-/m1/s1. The molecule has 0 bridgehead atoms. The zero-order chi connectivity index (χ0) is 15.2. The predicted molar refractivity (Wildman–Crippen MR) is 71.4 cm³/mol. The van der Waals surface area contributed by atoms with Gasteiger partial charge < -0.3 is 4.74 Å². The van der Waals surface area contributed by atoms with Crippen molar-refractivity contribution in [2.45, 2.75) is 42.8 Å². The van der Waals surface area contributed by atoms with Gasteiger partial charge in [-0.05, 0) is 35.1 Å². The molecule has 0 radical (unpaired) electrons. The number of alkyl halides is 4. The summed E-state index contributed by atoms with van der Waals surface area (Å²) in [5.74, 6) is -0.396. The average molecular weight is 355 g/mol. The van der Waals surface area contributed by atoms with Gasteiger partial charge in [-0.15, -0.1) is 0 Å². The number of benzene rings is 1. The van der Waals surface area contributed by atoms with Gasteiger partial charge in [-0.3, -0.25) is 0 Å². The molecule has 1 aromatic carbocycles. The topological polar surface area (TPSA) is 12.5 Å². The van der Waals surface area contributed by atoms with Crippen molar-refractivity contribution in [2.75, 3.05) is 6.61 Å². The highest BCUT2D eigenvalue weighted by molar-refractivity contribution is 9.08. The molecule has 1 nitrogen and oxygen atoms in total. The Morgan fingerprint density at radius 1 is 1.30 bits per heavy atom. The van der Waals surface area contributed by atoms with E-state index in [0.717, 1.165) is 0 Å². The Hall–Kier alpha value is -0.620. The Kier molecular flexibility index (Phi) is 3.93. The smallest absolute Gasteiger partial charge is 0.360 e. The molecule has 1 heterocycles. The van der Waals surface area contributed by atoms with Gasteiger partial charge in [-0.1, -0.05) is 35.8 Å². The molecule has 1 fully saturated rings. The number of halogens is 5. The van der Waals surface area contributed by atoms with Crippen molar-refractivity contribution >= 4 is 15.9 Å². The van der Waals surface area contributed by atoms with Gasteiger partial charge in [0.05, 0.1) is 6.61 Å². The number of hydrogen-bond donors (Lipinski definition) is 0. The van der Waals surface area contributed by atoms with Gasteiger partial charge in [0.25, 0.3) is 0 Å². The molecule has 6 heteroatoms. The lowest BCUT2D eigenvalue weighted by molar-refractivity contribution is -0.188. The van der Waals surface area contributed by atoms with Gasteiger partial charge in [0, 0.05) is 5.33 Å². The Labute approximate surface area is 123 Å². The molecule has 0 unspecified atom stereocenters. The fourth-order valence-electron chi connectivity index (χ4n) is 2.60. The summed E-state index contributed by atoms with van der Waals surface area (Å²) < 4.78 is 56.9. The highest BCUT2D eigenvalue weighted by Crippen LogP contribution is 2.51. The number of rotatable bonds is 4. The first-order valence-electron chi connectivity index (χ1n) is 6.17. The number of hydrogen-bond acceptors (Lipinski definition) is 1. The van der Waals surface area contributed by atoms with Crippen LogP contribution in [0.4, 0.5) is 17.6 Å². The van der Waals surface area contributed by atoms with E-state index in [1.165, 1.54) is 12.1 Å². The zero-order valence-electron chi connectivity index (χ0n) is 11.2. The highest BCUT2D eigenvalue weighted by atomic mass is 79.9. The Morgan fingerprint density at radius 2 is 1.90 bits per heavy atom. The van der Waals surface area contributed by atoms with Crippen LogP contribution in [0.1, 0.15) is 31.4 Å². The van der Waals surface area contributed by atoms with Gasteiger partial charge in [-0.2, -0.15) is 13.2 Å². The van der Waals surface area contributed by atoms with Crippen LogP contribution < -0.4 is 0 Å². The molecule has 1 aromatic rings. The third kappa shape index (κ3) is 2.86. The number of epoxide rings is 1. The fraction of sp³-hybridized carbons (Fsp3) is 0.571. The van der Waals surface area contributed by atoms with Crippen molar-refractivity contribution in [1.82, 2.24) is 0 Å². The van der Waals surface area contributed by atoms with Crippen LogP contribution in [0.15, 0.2) is 18.2 Å². The van der Waals surface area contributed by atoms with E-state index in [-0.39, 0.29) is 13.0 Å². The van der Waals surface area contributed by atoms with Crippen molar-refractivity contribution in [3.8, 4) is 0 Å². The summed E-state index contributed by atoms with van der Waals surface area (Å²) in [4.78, 5) is 0. The summed E-state index contributed by atoms with van der Waals surface area (Å²) in [5.41, 5.74) is -1.44. The largest absolute Gasteiger partial charge is 0.419 e. The van der Waals surface area contributed by atoms with Crippen LogP contribution in [0.3, 0.4) is 0 Å². The molecule has 1 saturated heterocycles. The normalized spacial score (nSPS) is 22.9. The van der Waals surface area contributed by atoms with Crippen molar-refractivity contribution in [3.05, 3.63) is 35.1 Å². The van der Waals surface area contributed by atoms with Crippen LogP contribution in [-0.2, 0) is 15.5 Å². The molecule has 20 heavy (non-hydrogen) atoms. The van der Waals surface area contributed by atoms with Crippen LogP contribution in [-0.4, -0.2) is 18.4 Å². The predicted octanol–water partition coefficient (Wildman–Crippen LogP) is 4.72. The summed E-state index contributed by atoms with van der Waals surface area (Å²) in [6.45, 7) is 3.15. The molecular weight excluding hydrogens is 340 g/mol. The lowest BCUT2D eigenvalue weighted by atomic mass is 9.75. The minimum atomic E-state index is -4.38. The van der Waals surface area contributed by atoms with Crippen molar-refractivity contribution < 1.29 is 22.3 Å². The Balaban J connectivity index is 2.32. The molecule has 1 atom stereocenters. The van der Waals surface area contributed by atoms with Crippen LogP contribution in [0.25, 0.3) is 0 Å². The van der Waals surface area contributed by atoms with Gasteiger partial charge in [0.2, 0.25) is 0 Å². The quantitative estimate of drug-likeness (QED) is 0.433. The Morgan fingerprint density at radius 3 is 2.35 bits per heavy atom. The third-order valence-electron chi connectivity index (χ3n) is 3.68. The molecule has 0 amide bonds. The summed E-state index contributed by atoms with van der Waals surface area (Å²) in [5, 5.41) is 0.392. The minimum Gasteiger partial charge on any atom is -0.360 e. The molecular formula is C14H15BrF4O. The molecule has 0 aliphatic carbocycles. The minimum absolute atomic E-state index is 0.171. The lowest BCUT2D eigenvalue weighted by Crippen LogP contribution is -2.39. The number of ether oxygens (including phenoxy) is 1. The molecule has 1 aliphatic rings. The summed E-state index contributed by atoms with van der Waals surface area (Å²) in [6, 6.07) is 4.18. The molecule has 0 saturated carbocycles. The van der Waals surface area contributed by atoms with E-state index < -0.39 is 23.0 Å². The molecule has 0 aromatic heterocycles. The second kappa shape index (κ2) is 4.98. The SMILES string of the molecule is CC(C)(C[C@]1(C(F)(F)F)CO1)c1ccc(F)cc1CBr. The maximum absolute atomic E-state index is 13.2. The lowest BCUT2D eigenvalue weighted by Gasteiger charge is -2.31. The molecule has 0 N–H and O–H groups in total. The first-order valence-corrected chi connectivity index (χ1v) is 7.29. The molecule has 2 rings (SSSR count). The van der Waals surface area contributed by atoms with Crippen molar-refractivity contribution in [1.29, 1.82) is 0 Å². The van der Waals surface area contributed by atoms with E-state index >= 15 is 0 Å². The van der Waals surface area contributed by atoms with Crippen LogP contribution in [0.5, 0.6) is 0 Å². The molecule has 1 aliphatic heterocycles. The van der Waals surface area contributed by atoms with E-state index in [1.54, 1.807) is 19.9 Å². The fourth-order valence-corrected chi connectivity index (χ4v) is 3.06. The van der Waals surface area contributed by atoms with E-state index in [2.05, 4.69) is 15.9 Å². The van der Waals surface area contributed by atoms with Crippen LogP contribution >= 0.6 is 15.9 Å². The summed E-state index contributed by atoms with van der Waals surface area (Å²) in [7, 11) is 0. The van der Waals surface area contributed by atoms with Gasteiger partial charge >= 0.3 is 6.18 Å². The van der Waals surface area contributed by atoms with Crippen molar-refractivity contribution in [3.63, 3.8) is 0 Å². The monoisotopic (exact) mass is 354 g/mol. The van der Waals surface area contributed by atoms with E-state index in [0.29, 0.717) is 16.5 Å². The van der Waals surface area contributed by atoms with Gasteiger partial charge in [0.1, 0.15) is 5.82 Å². The first kappa shape index (κ1) is 15.8. The highest BCUT2D eigenvalue weighted by Gasteiger charge is 2.67. The van der Waals surface area contributed by atoms with Crippen LogP contribution in [0, 0.1) is 5.82 Å². The second-order valence-corrected chi connectivity index (χ2v) is 6.34. The van der Waals surface area contributed by atoms with Gasteiger partial charge in [0.15, 0.2) is 5.60 Å². The van der Waals surface area contributed by atoms with Crippen LogP contribution in [0.2, 0.25) is 0 Å². The van der Waals surface area contributed by atoms with Gasteiger partial charge in [-0.25, -0.2) is 4.39 Å². The van der Waals surface area contributed by atoms with E-state index in [4.69, 9.17) is 4.74 Å². The maximum Gasteiger partial charge on any atom is 0.419 e. The first-order chi connectivity index (χ1) is 9.11. The zero-order valence-corrected chi connectivity index (χ0v) is 12.7. The van der Waals surface area contributed by atoms with Crippen molar-refractivity contribution in [2.24, 2.45) is 0 Å².